The van der Waals surface area contributed by atoms with Gasteiger partial charge in [-0.2, -0.15) is 0 Å². The van der Waals surface area contributed by atoms with Crippen LogP contribution in [0.2, 0.25) is 0 Å². The standard InChI is InChI=1S/C133H246O16/c1-18-23-28-33-38-43-48-53-57-59-61-66-70-75-80-85-90-95-110(9)100-114(13)104-118(17)131(141)148-126-123(137)124(146-129(139)116(15)102-112(11)98-108(7)93-88-83-78-73-68-64-56-51-46-41-36-31-26-21-4)119(105-134)143-132(126)149-133-127(145-121(135)96-91-86-81-76-71-62-52-47-42-37-32-27-22-5)125(147-130(140)117(16)103-113(12)99-109(8)94-89-84-79-74-69-65-60-58-54-49-44-39-34-29-24-19-2)122(136)120(144-133)106-142-128(138)115(14)101-111(10)97-107(6)92-87-82-77-72-67-63-55-50-45-40-35-30-25-20-3/h101-104,107-114,119-120,122-127,132-134,136-137H,18-100,105-106H2,1-17H3/b115-101+,116-102+,117-103+,118-104+/t107-,108-,109-,110-,111-,112-,113-,114-,119?,120?,122+,123?,124+,125?,126-,127+,132+,133+/m0/s1. The minimum absolute atomic E-state index is 0.00141. The first-order valence-corrected chi connectivity index (χ1v) is 64.9. The molecule has 2 rings (SSSR count). The van der Waals surface area contributed by atoms with E-state index in [1.807, 2.05) is 24.3 Å². The zero-order valence-electron chi connectivity index (χ0n) is 101. The number of allylic oxidation sites excluding steroid dienone is 4. The molecule has 0 aliphatic carbocycles. The summed E-state index contributed by atoms with van der Waals surface area (Å²) in [6, 6.07) is 0. The van der Waals surface area contributed by atoms with Gasteiger partial charge >= 0.3 is 29.8 Å². The normalized spacial score (nSPS) is 20.1. The van der Waals surface area contributed by atoms with E-state index in [1.54, 1.807) is 27.7 Å². The first-order chi connectivity index (χ1) is 72.2. The molecule has 0 radical (unpaired) electrons. The summed E-state index contributed by atoms with van der Waals surface area (Å²) in [7, 11) is 0. The van der Waals surface area contributed by atoms with Gasteiger partial charge in [0.25, 0.3) is 0 Å². The third kappa shape index (κ3) is 76.4. The Morgan fingerprint density at radius 2 is 0.456 bits per heavy atom. The Morgan fingerprint density at radius 3 is 0.705 bits per heavy atom. The lowest BCUT2D eigenvalue weighted by atomic mass is 9.91. The van der Waals surface area contributed by atoms with Crippen molar-refractivity contribution in [3.63, 3.8) is 0 Å². The fourth-order valence-electron chi connectivity index (χ4n) is 23.3. The van der Waals surface area contributed by atoms with E-state index in [2.05, 4.69) is 90.0 Å². The topological polar surface area (TPSA) is 220 Å². The van der Waals surface area contributed by atoms with Crippen molar-refractivity contribution in [3.8, 4) is 0 Å². The van der Waals surface area contributed by atoms with Gasteiger partial charge in [0.15, 0.2) is 24.4 Å². The van der Waals surface area contributed by atoms with Gasteiger partial charge in [-0.1, -0.05) is 609 Å². The number of rotatable bonds is 104. The zero-order chi connectivity index (χ0) is 109. The summed E-state index contributed by atoms with van der Waals surface area (Å²) in [6.07, 6.45) is 92.3. The van der Waals surface area contributed by atoms with Crippen molar-refractivity contribution in [2.24, 2.45) is 47.3 Å². The van der Waals surface area contributed by atoms with Gasteiger partial charge in [-0.15, -0.1) is 0 Å². The first-order valence-electron chi connectivity index (χ1n) is 64.9. The van der Waals surface area contributed by atoms with Crippen molar-refractivity contribution < 1.29 is 77.2 Å². The lowest BCUT2D eigenvalue weighted by Gasteiger charge is -2.47. The molecule has 16 nitrogen and oxygen atoms in total. The molecule has 2 saturated heterocycles. The van der Waals surface area contributed by atoms with Crippen LogP contribution in [0.3, 0.4) is 0 Å². The maximum atomic E-state index is 15.1. The summed E-state index contributed by atoms with van der Waals surface area (Å²) in [5.41, 5.74) is 1.18. The fourth-order valence-corrected chi connectivity index (χ4v) is 23.3. The van der Waals surface area contributed by atoms with Crippen LogP contribution in [0.5, 0.6) is 0 Å². The summed E-state index contributed by atoms with van der Waals surface area (Å²) >= 11 is 0. The number of carbonyl (C=O) groups is 5. The molecule has 16 heteroatoms. The van der Waals surface area contributed by atoms with Crippen molar-refractivity contribution in [1.82, 2.24) is 0 Å². The maximum Gasteiger partial charge on any atom is 0.333 e. The molecule has 0 aromatic heterocycles. The van der Waals surface area contributed by atoms with Crippen LogP contribution in [0.25, 0.3) is 0 Å². The van der Waals surface area contributed by atoms with Crippen LogP contribution in [0, 0.1) is 47.3 Å². The lowest BCUT2D eigenvalue weighted by Crippen LogP contribution is -2.66. The molecule has 2 aliphatic heterocycles. The second kappa shape index (κ2) is 97.3. The molecule has 2 aliphatic rings. The smallest absolute Gasteiger partial charge is 0.333 e. The number of hydrogen-bond donors (Lipinski definition) is 3. The molecule has 0 aromatic rings. The van der Waals surface area contributed by atoms with E-state index in [0.717, 1.165) is 103 Å². The third-order valence-corrected chi connectivity index (χ3v) is 32.5. The largest absolute Gasteiger partial charge is 0.459 e. The Kier molecular flexibility index (Phi) is 92.2. The van der Waals surface area contributed by atoms with Crippen molar-refractivity contribution in [2.45, 2.75) is 712 Å². The SMILES string of the molecule is CCCCCCCCCCCCCCCCCCC[C@H](C)C[C@H](C)/C=C(\C)C(=O)O[C@H]1C(O)[C@H](OC(=O)/C(C)=C/[C@@H](C)C[C@@H](C)CCCCCCCCCCCCCCCC)C(CO)O[C@@H]1O[C@H]1OC(COC(=O)/C(C)=C/[C@@H](C)C[C@@H](C)CCCCCCCCCCCCCCCC)[C@@H](O)C(OC(=O)/C(C)=C/[C@@H](C)C[C@@H](C)CCCCCCCCCCCCCCCCCC)[C@H]1OC(=O)CCCCCCCCCCCCCCC. The van der Waals surface area contributed by atoms with Gasteiger partial charge in [-0.3, -0.25) is 4.79 Å². The first kappa shape index (κ1) is 141. The Balaban J connectivity index is 2.70. The van der Waals surface area contributed by atoms with E-state index in [1.165, 1.54) is 417 Å². The van der Waals surface area contributed by atoms with Crippen LogP contribution in [0.1, 0.15) is 651 Å². The van der Waals surface area contributed by atoms with E-state index in [0.29, 0.717) is 41.2 Å². The average Bonchev–Trinajstić information content (AvgIpc) is 0.769. The minimum atomic E-state index is -1.92. The van der Waals surface area contributed by atoms with Crippen molar-refractivity contribution >= 4 is 29.8 Å². The Hall–Kier alpha value is -3.93. The molecule has 0 saturated carbocycles. The van der Waals surface area contributed by atoms with Gasteiger partial charge in [-0.05, 0) is 107 Å². The fraction of sp³-hybridized carbons (Fsp3) is 0.902. The molecule has 0 amide bonds. The summed E-state index contributed by atoms with van der Waals surface area (Å²) in [5, 5.41) is 37.6. The molecule has 18 atom stereocenters. The number of carbonyl (C=O) groups excluding carboxylic acids is 5. The van der Waals surface area contributed by atoms with E-state index in [-0.39, 0.29) is 41.2 Å². The van der Waals surface area contributed by atoms with Crippen molar-refractivity contribution in [2.75, 3.05) is 13.2 Å². The second-order valence-electron chi connectivity index (χ2n) is 48.5. The molecule has 4 unspecified atom stereocenters. The van der Waals surface area contributed by atoms with Gasteiger partial charge in [0.1, 0.15) is 31.0 Å². The van der Waals surface area contributed by atoms with Gasteiger partial charge in [-0.25, -0.2) is 19.2 Å². The van der Waals surface area contributed by atoms with Crippen LogP contribution in [0.15, 0.2) is 46.6 Å². The predicted octanol–water partition coefficient (Wildman–Crippen LogP) is 38.7. The summed E-state index contributed by atoms with van der Waals surface area (Å²) in [4.78, 5) is 74.1. The number of aliphatic hydroxyl groups excluding tert-OH is 3. The Bertz CT molecular complexity index is 3250. The molecular weight excluding hydrogens is 1850 g/mol. The Morgan fingerprint density at radius 1 is 0.248 bits per heavy atom. The number of esters is 5. The molecule has 2 heterocycles. The number of unbranched alkanes of at least 4 members (excludes halogenated alkanes) is 69. The van der Waals surface area contributed by atoms with Gasteiger partial charge in [0, 0.05) is 28.7 Å². The number of aliphatic hydroxyl groups is 3. The number of ether oxygens (including phenoxy) is 8. The van der Waals surface area contributed by atoms with E-state index >= 15 is 9.59 Å². The van der Waals surface area contributed by atoms with Crippen LogP contribution >= 0.6 is 0 Å². The van der Waals surface area contributed by atoms with E-state index < -0.39 is 104 Å². The highest BCUT2D eigenvalue weighted by Gasteiger charge is 2.56. The van der Waals surface area contributed by atoms with Crippen LogP contribution < -0.4 is 0 Å². The minimum Gasteiger partial charge on any atom is -0.459 e. The second-order valence-corrected chi connectivity index (χ2v) is 48.5. The molecule has 149 heavy (non-hydrogen) atoms. The van der Waals surface area contributed by atoms with Crippen molar-refractivity contribution in [3.05, 3.63) is 46.6 Å². The van der Waals surface area contributed by atoms with Gasteiger partial charge in [0.2, 0.25) is 12.6 Å². The molecule has 2 fully saturated rings. The highest BCUT2D eigenvalue weighted by Crippen LogP contribution is 2.38. The summed E-state index contributed by atoms with van der Waals surface area (Å²) in [5.74, 6) is -2.17. The predicted molar refractivity (Wildman–Crippen MR) is 628 cm³/mol. The molecule has 0 bridgehead atoms. The highest BCUT2D eigenvalue weighted by atomic mass is 16.8. The summed E-state index contributed by atoms with van der Waals surface area (Å²) in [6.45, 7) is 34.2. The number of hydrogen-bond acceptors (Lipinski definition) is 16. The lowest BCUT2D eigenvalue weighted by molar-refractivity contribution is -0.377. The van der Waals surface area contributed by atoms with Crippen molar-refractivity contribution in [1.29, 1.82) is 0 Å². The van der Waals surface area contributed by atoms with Crippen LogP contribution in [0.4, 0.5) is 0 Å². The van der Waals surface area contributed by atoms with E-state index in [4.69, 9.17) is 37.9 Å². The monoisotopic (exact) mass is 2100 g/mol. The van der Waals surface area contributed by atoms with Crippen LogP contribution in [-0.2, 0) is 61.9 Å². The molecule has 0 aromatic carbocycles. The molecular formula is C133H246O16. The summed E-state index contributed by atoms with van der Waals surface area (Å²) < 4.78 is 52.3. The molecule has 3 N–H and O–H groups in total. The zero-order valence-corrected chi connectivity index (χ0v) is 101. The van der Waals surface area contributed by atoms with E-state index in [9.17, 15) is 29.7 Å². The van der Waals surface area contributed by atoms with Crippen LogP contribution in [-0.4, -0.2) is 120 Å². The quantitative estimate of drug-likeness (QED) is 0.0223. The average molecular weight is 2100 g/mol. The third-order valence-electron chi connectivity index (χ3n) is 32.5. The maximum absolute atomic E-state index is 15.1. The van der Waals surface area contributed by atoms with Gasteiger partial charge in [0.05, 0.1) is 6.61 Å². The van der Waals surface area contributed by atoms with Gasteiger partial charge < -0.3 is 53.2 Å². The highest BCUT2D eigenvalue weighted by molar-refractivity contribution is 5.89. The Labute approximate surface area is 920 Å². The molecule has 874 valence electrons. The molecule has 0 spiro atoms.